The Morgan fingerprint density at radius 1 is 1.20 bits per heavy atom. The number of nitro benzene ring substituents is 2. The lowest BCUT2D eigenvalue weighted by Crippen LogP contribution is -1.97. The summed E-state index contributed by atoms with van der Waals surface area (Å²) in [6.45, 7) is 0. The van der Waals surface area contributed by atoms with Crippen LogP contribution >= 0.6 is 0 Å². The molecule has 0 aliphatic carbocycles. The van der Waals surface area contributed by atoms with Crippen molar-refractivity contribution < 1.29 is 19.7 Å². The fraction of sp³-hybridized carbons (Fsp3) is 0. The number of carbonyl (C=O) groups excluding carboxylic acids is 1. The zero-order valence-corrected chi connectivity index (χ0v) is 7.11. The molecule has 0 radical (unpaired) electrons. The van der Waals surface area contributed by atoms with Crippen LogP contribution in [-0.2, 0) is 0 Å². The lowest BCUT2D eigenvalue weighted by atomic mass is 10.1. The molecule has 0 fully saturated rings. The number of carbonyl (C=O) groups is 1. The van der Waals surface area contributed by atoms with Crippen molar-refractivity contribution in [2.75, 3.05) is 0 Å². The summed E-state index contributed by atoms with van der Waals surface area (Å²) in [5, 5.41) is 29.8. The molecule has 0 amide bonds. The Bertz CT molecular complexity index is 455. The summed E-state index contributed by atoms with van der Waals surface area (Å²) < 4.78 is 0. The smallest absolute Gasteiger partial charge is 0.321 e. The first-order valence-corrected chi connectivity index (χ1v) is 3.58. The summed E-state index contributed by atoms with van der Waals surface area (Å²) in [5.41, 5.74) is -1.96. The van der Waals surface area contributed by atoms with Gasteiger partial charge in [0.1, 0.15) is 5.56 Å². The minimum atomic E-state index is -0.983. The van der Waals surface area contributed by atoms with Crippen LogP contribution in [0.3, 0.4) is 0 Å². The predicted octanol–water partition coefficient (Wildman–Crippen LogP) is 1.02. The number of hydrogen-bond donors (Lipinski definition) is 1. The van der Waals surface area contributed by atoms with Gasteiger partial charge in [0.15, 0.2) is 6.29 Å². The van der Waals surface area contributed by atoms with E-state index in [0.717, 1.165) is 6.07 Å². The number of hydrogen-bond acceptors (Lipinski definition) is 6. The molecule has 8 heteroatoms. The SMILES string of the molecule is O=Cc1cc([N+](=O)[O-])cc(O)c1[N+](=O)[O-]. The van der Waals surface area contributed by atoms with Gasteiger partial charge in [0.05, 0.1) is 15.9 Å². The average Bonchev–Trinajstić information content (AvgIpc) is 2.15. The first-order valence-electron chi connectivity index (χ1n) is 3.58. The number of non-ortho nitro benzene ring substituents is 1. The third-order valence-electron chi connectivity index (χ3n) is 1.62. The van der Waals surface area contributed by atoms with Crippen molar-refractivity contribution >= 4 is 17.7 Å². The lowest BCUT2D eigenvalue weighted by Gasteiger charge is -1.98. The summed E-state index contributed by atoms with van der Waals surface area (Å²) in [5.74, 6) is -0.906. The van der Waals surface area contributed by atoms with Gasteiger partial charge in [0.25, 0.3) is 5.69 Å². The van der Waals surface area contributed by atoms with Crippen LogP contribution < -0.4 is 0 Å². The second-order valence-electron chi connectivity index (χ2n) is 2.53. The third-order valence-corrected chi connectivity index (χ3v) is 1.62. The first kappa shape index (κ1) is 10.6. The van der Waals surface area contributed by atoms with E-state index in [-0.39, 0.29) is 6.29 Å². The molecule has 0 bridgehead atoms. The summed E-state index contributed by atoms with van der Waals surface area (Å²) >= 11 is 0. The van der Waals surface area contributed by atoms with Crippen LogP contribution in [0.4, 0.5) is 11.4 Å². The molecule has 0 spiro atoms. The summed E-state index contributed by atoms with van der Waals surface area (Å²) in [4.78, 5) is 29.3. The Balaban J connectivity index is 3.50. The quantitative estimate of drug-likeness (QED) is 0.453. The minimum absolute atomic E-state index is 0.0743. The van der Waals surface area contributed by atoms with Gasteiger partial charge in [0.2, 0.25) is 5.75 Å². The highest BCUT2D eigenvalue weighted by Gasteiger charge is 2.24. The molecular weight excluding hydrogens is 208 g/mol. The molecule has 15 heavy (non-hydrogen) atoms. The molecule has 0 unspecified atom stereocenters. The van der Waals surface area contributed by atoms with Gasteiger partial charge >= 0.3 is 5.69 Å². The number of aldehydes is 1. The molecule has 0 aliphatic rings. The summed E-state index contributed by atoms with van der Waals surface area (Å²) in [7, 11) is 0. The molecular formula is C7H4N2O6. The second-order valence-corrected chi connectivity index (χ2v) is 2.53. The number of nitrogens with zero attached hydrogens (tertiary/aromatic N) is 2. The van der Waals surface area contributed by atoms with Gasteiger partial charge in [-0.1, -0.05) is 0 Å². The molecule has 0 heterocycles. The molecule has 0 atom stereocenters. The van der Waals surface area contributed by atoms with Crippen LogP contribution in [-0.4, -0.2) is 21.2 Å². The van der Waals surface area contributed by atoms with Gasteiger partial charge in [-0.05, 0) is 0 Å². The van der Waals surface area contributed by atoms with Crippen LogP contribution in [0.15, 0.2) is 12.1 Å². The zero-order chi connectivity index (χ0) is 11.6. The number of rotatable bonds is 3. The lowest BCUT2D eigenvalue weighted by molar-refractivity contribution is -0.390. The molecule has 1 aromatic rings. The largest absolute Gasteiger partial charge is 0.502 e. The van der Waals surface area contributed by atoms with E-state index in [1.54, 1.807) is 0 Å². The molecule has 0 saturated heterocycles. The fourth-order valence-electron chi connectivity index (χ4n) is 1.02. The second kappa shape index (κ2) is 3.70. The van der Waals surface area contributed by atoms with Crippen molar-refractivity contribution in [2.24, 2.45) is 0 Å². The Labute approximate surface area is 82.1 Å². The molecule has 0 aromatic heterocycles. The minimum Gasteiger partial charge on any atom is -0.502 e. The van der Waals surface area contributed by atoms with Crippen LogP contribution in [0.25, 0.3) is 0 Å². The van der Waals surface area contributed by atoms with Gasteiger partial charge in [-0.25, -0.2) is 0 Å². The highest BCUT2D eigenvalue weighted by molar-refractivity contribution is 5.85. The maximum Gasteiger partial charge on any atom is 0.321 e. The number of phenols is 1. The highest BCUT2D eigenvalue weighted by Crippen LogP contribution is 2.33. The molecule has 8 nitrogen and oxygen atoms in total. The summed E-state index contributed by atoms with van der Waals surface area (Å²) in [6.07, 6.45) is 0.0743. The average molecular weight is 212 g/mol. The Kier molecular flexibility index (Phi) is 2.61. The van der Waals surface area contributed by atoms with Crippen LogP contribution in [0.5, 0.6) is 5.75 Å². The number of aromatic hydroxyl groups is 1. The fourth-order valence-corrected chi connectivity index (χ4v) is 1.02. The maximum atomic E-state index is 10.4. The van der Waals surface area contributed by atoms with E-state index in [0.29, 0.717) is 6.07 Å². The first-order chi connectivity index (χ1) is 6.97. The van der Waals surface area contributed by atoms with Gasteiger partial charge in [-0.3, -0.25) is 25.0 Å². The molecule has 0 saturated carbocycles. The van der Waals surface area contributed by atoms with E-state index in [4.69, 9.17) is 5.11 Å². The van der Waals surface area contributed by atoms with E-state index in [9.17, 15) is 25.0 Å². The number of nitro groups is 2. The third kappa shape index (κ3) is 1.88. The van der Waals surface area contributed by atoms with Gasteiger partial charge < -0.3 is 5.11 Å². The maximum absolute atomic E-state index is 10.4. The molecule has 78 valence electrons. The Hall–Kier alpha value is -2.51. The van der Waals surface area contributed by atoms with Crippen LogP contribution in [0.2, 0.25) is 0 Å². The number of phenolic OH excluding ortho intramolecular Hbond substituents is 1. The van der Waals surface area contributed by atoms with E-state index in [2.05, 4.69) is 0 Å². The van der Waals surface area contributed by atoms with Gasteiger partial charge in [-0.15, -0.1) is 0 Å². The zero-order valence-electron chi connectivity index (χ0n) is 7.11. The Morgan fingerprint density at radius 3 is 2.20 bits per heavy atom. The number of benzene rings is 1. The molecule has 1 rings (SSSR count). The van der Waals surface area contributed by atoms with E-state index in [1.165, 1.54) is 0 Å². The topological polar surface area (TPSA) is 124 Å². The van der Waals surface area contributed by atoms with Crippen molar-refractivity contribution in [3.63, 3.8) is 0 Å². The van der Waals surface area contributed by atoms with E-state index < -0.39 is 32.5 Å². The molecule has 0 aliphatic heterocycles. The van der Waals surface area contributed by atoms with Crippen LogP contribution in [0, 0.1) is 20.2 Å². The van der Waals surface area contributed by atoms with E-state index in [1.807, 2.05) is 0 Å². The van der Waals surface area contributed by atoms with E-state index >= 15 is 0 Å². The summed E-state index contributed by atoms with van der Waals surface area (Å²) in [6, 6.07) is 1.34. The van der Waals surface area contributed by atoms with Crippen molar-refractivity contribution in [3.8, 4) is 5.75 Å². The van der Waals surface area contributed by atoms with Crippen molar-refractivity contribution in [1.82, 2.24) is 0 Å². The van der Waals surface area contributed by atoms with Crippen molar-refractivity contribution in [2.45, 2.75) is 0 Å². The normalized spacial score (nSPS) is 9.60. The highest BCUT2D eigenvalue weighted by atomic mass is 16.6. The van der Waals surface area contributed by atoms with Crippen LogP contribution in [0.1, 0.15) is 10.4 Å². The monoisotopic (exact) mass is 212 g/mol. The standard InChI is InChI=1S/C7H4N2O6/c10-3-4-1-5(8(12)13)2-6(11)7(4)9(14)15/h1-3,11H. The Morgan fingerprint density at radius 2 is 1.80 bits per heavy atom. The molecule has 1 aromatic carbocycles. The van der Waals surface area contributed by atoms with Gasteiger partial charge in [-0.2, -0.15) is 0 Å². The van der Waals surface area contributed by atoms with Gasteiger partial charge in [0, 0.05) is 6.07 Å². The van der Waals surface area contributed by atoms with Crippen molar-refractivity contribution in [1.29, 1.82) is 0 Å². The van der Waals surface area contributed by atoms with Crippen molar-refractivity contribution in [3.05, 3.63) is 37.9 Å². The predicted molar refractivity (Wildman–Crippen MR) is 46.8 cm³/mol. The molecule has 1 N–H and O–H groups in total.